The van der Waals surface area contributed by atoms with Gasteiger partial charge in [-0.1, -0.05) is 6.07 Å². The molecule has 0 fully saturated rings. The Hall–Kier alpha value is -4.39. The van der Waals surface area contributed by atoms with Crippen LogP contribution in [0.1, 0.15) is 43.2 Å². The maximum atomic E-state index is 13.1. The first-order valence-corrected chi connectivity index (χ1v) is 11.5. The van der Waals surface area contributed by atoms with E-state index in [4.69, 9.17) is 14.2 Å². The highest BCUT2D eigenvalue weighted by atomic mass is 19.1. The molecule has 6 nitrogen and oxygen atoms in total. The fraction of sp³-hybridized carbons (Fsp3) is 0.172. The van der Waals surface area contributed by atoms with Crippen molar-refractivity contribution in [3.63, 3.8) is 0 Å². The SMILES string of the molecule is Cc1cc(C(=O)COc2ccc(C(=O)c3ccc(F)cc3)cc2)c(C)n1Cc1ccc2c(c1)OCO2. The second-order valence-electron chi connectivity index (χ2n) is 8.63. The molecule has 7 heteroatoms. The van der Waals surface area contributed by atoms with Crippen LogP contribution in [0.25, 0.3) is 0 Å². The molecule has 2 heterocycles. The van der Waals surface area contributed by atoms with Crippen molar-refractivity contribution in [2.24, 2.45) is 0 Å². The van der Waals surface area contributed by atoms with Gasteiger partial charge in [-0.3, -0.25) is 9.59 Å². The molecule has 0 radical (unpaired) electrons. The number of Topliss-reactive ketones (excluding diaryl/α,β-unsaturated/α-hetero) is 1. The van der Waals surface area contributed by atoms with E-state index in [1.165, 1.54) is 24.3 Å². The third-order valence-electron chi connectivity index (χ3n) is 6.24. The van der Waals surface area contributed by atoms with Crippen LogP contribution in [0, 0.1) is 19.7 Å². The zero-order chi connectivity index (χ0) is 25.2. The lowest BCUT2D eigenvalue weighted by Crippen LogP contribution is -2.13. The number of carbonyl (C=O) groups is 2. The standard InChI is InChI=1S/C29H24FNO5/c1-18-13-25(19(2)31(18)15-20-3-12-27-28(14-20)36-17-35-27)26(32)16-34-24-10-6-22(7-11-24)29(33)21-4-8-23(30)9-5-21/h3-14H,15-17H2,1-2H3. The maximum absolute atomic E-state index is 13.1. The number of ether oxygens (including phenoxy) is 3. The fourth-order valence-corrected chi connectivity index (χ4v) is 4.25. The second kappa shape index (κ2) is 9.70. The third kappa shape index (κ3) is 4.73. The van der Waals surface area contributed by atoms with Gasteiger partial charge in [-0.15, -0.1) is 0 Å². The van der Waals surface area contributed by atoms with Crippen LogP contribution in [0.15, 0.2) is 72.8 Å². The number of ketones is 2. The van der Waals surface area contributed by atoms with Gasteiger partial charge in [-0.25, -0.2) is 4.39 Å². The first-order valence-electron chi connectivity index (χ1n) is 11.5. The Bertz CT molecular complexity index is 1440. The zero-order valence-electron chi connectivity index (χ0n) is 19.9. The molecule has 0 saturated carbocycles. The zero-order valence-corrected chi connectivity index (χ0v) is 19.9. The van der Waals surface area contributed by atoms with Gasteiger partial charge in [-0.2, -0.15) is 0 Å². The average molecular weight is 486 g/mol. The van der Waals surface area contributed by atoms with Gasteiger partial charge in [0.05, 0.1) is 0 Å². The molecule has 0 amide bonds. The quantitative estimate of drug-likeness (QED) is 0.308. The highest BCUT2D eigenvalue weighted by molar-refractivity contribution is 6.09. The van der Waals surface area contributed by atoms with E-state index in [1.807, 2.05) is 38.1 Å². The number of hydrogen-bond donors (Lipinski definition) is 0. The van der Waals surface area contributed by atoms with Gasteiger partial charge in [0.2, 0.25) is 12.6 Å². The minimum Gasteiger partial charge on any atom is -0.485 e. The number of rotatable bonds is 8. The van der Waals surface area contributed by atoms with Gasteiger partial charge in [0.1, 0.15) is 11.6 Å². The van der Waals surface area contributed by atoms with Crippen LogP contribution >= 0.6 is 0 Å². The highest BCUT2D eigenvalue weighted by Crippen LogP contribution is 2.33. The number of aryl methyl sites for hydroxylation is 1. The summed E-state index contributed by atoms with van der Waals surface area (Å²) in [4.78, 5) is 25.5. The Morgan fingerprint density at radius 2 is 1.56 bits per heavy atom. The van der Waals surface area contributed by atoms with E-state index in [0.29, 0.717) is 29.0 Å². The first-order chi connectivity index (χ1) is 17.4. The van der Waals surface area contributed by atoms with E-state index in [-0.39, 0.29) is 25.0 Å². The minimum atomic E-state index is -0.395. The summed E-state index contributed by atoms with van der Waals surface area (Å²) in [6, 6.07) is 19.7. The summed E-state index contributed by atoms with van der Waals surface area (Å²) >= 11 is 0. The van der Waals surface area contributed by atoms with Gasteiger partial charge < -0.3 is 18.8 Å². The summed E-state index contributed by atoms with van der Waals surface area (Å²) in [6.07, 6.45) is 0. The van der Waals surface area contributed by atoms with E-state index in [1.54, 1.807) is 24.3 Å². The number of carbonyl (C=O) groups excluding carboxylic acids is 2. The number of nitrogens with zero attached hydrogens (tertiary/aromatic N) is 1. The van der Waals surface area contributed by atoms with E-state index < -0.39 is 5.82 Å². The van der Waals surface area contributed by atoms with E-state index in [2.05, 4.69) is 4.57 Å². The predicted molar refractivity (Wildman–Crippen MR) is 132 cm³/mol. The van der Waals surface area contributed by atoms with Crippen LogP contribution in [0.4, 0.5) is 4.39 Å². The van der Waals surface area contributed by atoms with Crippen LogP contribution in [-0.2, 0) is 6.54 Å². The first kappa shape index (κ1) is 23.4. The normalized spacial score (nSPS) is 12.0. The lowest BCUT2D eigenvalue weighted by molar-refractivity contribution is 0.0920. The lowest BCUT2D eigenvalue weighted by atomic mass is 10.0. The van der Waals surface area contributed by atoms with Crippen molar-refractivity contribution in [2.45, 2.75) is 20.4 Å². The van der Waals surface area contributed by atoms with Crippen molar-refractivity contribution in [1.29, 1.82) is 0 Å². The third-order valence-corrected chi connectivity index (χ3v) is 6.24. The second-order valence-corrected chi connectivity index (χ2v) is 8.63. The van der Waals surface area contributed by atoms with E-state index in [0.717, 1.165) is 28.5 Å². The van der Waals surface area contributed by atoms with Crippen LogP contribution in [0.3, 0.4) is 0 Å². The Morgan fingerprint density at radius 1 is 0.889 bits per heavy atom. The molecule has 0 bridgehead atoms. The van der Waals surface area contributed by atoms with Crippen molar-refractivity contribution < 1.29 is 28.2 Å². The molecule has 182 valence electrons. The monoisotopic (exact) mass is 485 g/mol. The molecule has 0 N–H and O–H groups in total. The Labute approximate surface area is 207 Å². The molecular weight excluding hydrogens is 461 g/mol. The summed E-state index contributed by atoms with van der Waals surface area (Å²) in [5.41, 5.74) is 4.34. The number of hydrogen-bond acceptors (Lipinski definition) is 5. The van der Waals surface area contributed by atoms with Gasteiger partial charge in [0.15, 0.2) is 23.9 Å². The molecule has 0 unspecified atom stereocenters. The van der Waals surface area contributed by atoms with Crippen LogP contribution in [-0.4, -0.2) is 29.5 Å². The molecule has 36 heavy (non-hydrogen) atoms. The van der Waals surface area contributed by atoms with Gasteiger partial charge in [-0.05, 0) is 86.1 Å². The number of fused-ring (bicyclic) bond motifs is 1. The van der Waals surface area contributed by atoms with Gasteiger partial charge in [0.25, 0.3) is 0 Å². The largest absolute Gasteiger partial charge is 0.485 e. The molecule has 0 atom stereocenters. The molecule has 0 aliphatic carbocycles. The smallest absolute Gasteiger partial charge is 0.231 e. The average Bonchev–Trinajstić information content (AvgIpc) is 3.47. The topological polar surface area (TPSA) is 66.8 Å². The van der Waals surface area contributed by atoms with Gasteiger partial charge in [0, 0.05) is 34.6 Å². The van der Waals surface area contributed by atoms with Crippen LogP contribution in [0.2, 0.25) is 0 Å². The fourth-order valence-electron chi connectivity index (χ4n) is 4.25. The predicted octanol–water partition coefficient (Wildman–Crippen LogP) is 5.51. The Morgan fingerprint density at radius 3 is 2.28 bits per heavy atom. The number of aromatic nitrogens is 1. The molecule has 1 aliphatic heterocycles. The van der Waals surface area contributed by atoms with Gasteiger partial charge >= 0.3 is 0 Å². The molecule has 0 spiro atoms. The lowest BCUT2D eigenvalue weighted by Gasteiger charge is -2.11. The molecule has 3 aromatic carbocycles. The minimum absolute atomic E-state index is 0.125. The molecule has 0 saturated heterocycles. The summed E-state index contributed by atoms with van der Waals surface area (Å²) in [6.45, 7) is 4.59. The van der Waals surface area contributed by atoms with Crippen molar-refractivity contribution >= 4 is 11.6 Å². The maximum Gasteiger partial charge on any atom is 0.231 e. The highest BCUT2D eigenvalue weighted by Gasteiger charge is 2.18. The Kier molecular flexibility index (Phi) is 6.29. The number of benzene rings is 3. The number of halogens is 1. The summed E-state index contributed by atoms with van der Waals surface area (Å²) in [5, 5.41) is 0. The summed E-state index contributed by atoms with van der Waals surface area (Å²) < 4.78 is 31.7. The molecule has 1 aromatic heterocycles. The van der Waals surface area contributed by atoms with E-state index >= 15 is 0 Å². The van der Waals surface area contributed by atoms with Crippen molar-refractivity contribution in [1.82, 2.24) is 4.57 Å². The molecule has 5 rings (SSSR count). The molecule has 4 aromatic rings. The van der Waals surface area contributed by atoms with Crippen molar-refractivity contribution in [2.75, 3.05) is 13.4 Å². The van der Waals surface area contributed by atoms with E-state index in [9.17, 15) is 14.0 Å². The Balaban J connectivity index is 1.23. The van der Waals surface area contributed by atoms with Crippen molar-refractivity contribution in [3.8, 4) is 17.2 Å². The van der Waals surface area contributed by atoms with Crippen LogP contribution in [0.5, 0.6) is 17.2 Å². The van der Waals surface area contributed by atoms with Crippen molar-refractivity contribution in [3.05, 3.63) is 112 Å². The summed E-state index contributed by atoms with van der Waals surface area (Å²) in [7, 11) is 0. The van der Waals surface area contributed by atoms with Crippen LogP contribution < -0.4 is 14.2 Å². The molecule has 1 aliphatic rings. The summed E-state index contributed by atoms with van der Waals surface area (Å²) in [5.74, 6) is 1.20. The molecular formula is C29H24FNO5.